The molecule has 1 aromatic carbocycles. The summed E-state index contributed by atoms with van der Waals surface area (Å²) in [6.45, 7) is 10.1. The smallest absolute Gasteiger partial charge is 0.305 e. The highest BCUT2D eigenvalue weighted by atomic mass is 16.4. The van der Waals surface area contributed by atoms with E-state index in [1.165, 1.54) is 0 Å². The SMILES string of the molecule is CC(C)C(CC(=O)O)NC(=O)c1ccc(C(C)(C)C)cc1. The van der Waals surface area contributed by atoms with E-state index in [4.69, 9.17) is 5.11 Å². The van der Waals surface area contributed by atoms with E-state index in [9.17, 15) is 9.59 Å². The van der Waals surface area contributed by atoms with Gasteiger partial charge in [-0.2, -0.15) is 0 Å². The van der Waals surface area contributed by atoms with Crippen LogP contribution >= 0.6 is 0 Å². The highest BCUT2D eigenvalue weighted by Gasteiger charge is 2.20. The molecule has 1 unspecified atom stereocenters. The second-order valence-corrected chi connectivity index (χ2v) is 6.75. The lowest BCUT2D eigenvalue weighted by Crippen LogP contribution is -2.40. The van der Waals surface area contributed by atoms with Gasteiger partial charge in [-0.15, -0.1) is 0 Å². The number of amides is 1. The van der Waals surface area contributed by atoms with E-state index in [0.717, 1.165) is 5.56 Å². The normalized spacial score (nSPS) is 13.0. The molecule has 0 radical (unpaired) electrons. The van der Waals surface area contributed by atoms with Gasteiger partial charge in [-0.3, -0.25) is 9.59 Å². The fraction of sp³-hybridized carbons (Fsp3) is 0.529. The summed E-state index contributed by atoms with van der Waals surface area (Å²) in [6, 6.07) is 7.09. The number of carbonyl (C=O) groups is 2. The van der Waals surface area contributed by atoms with Gasteiger partial charge in [0.2, 0.25) is 0 Å². The van der Waals surface area contributed by atoms with Crippen LogP contribution in [0.2, 0.25) is 0 Å². The average Bonchev–Trinajstić information content (AvgIpc) is 2.36. The van der Waals surface area contributed by atoms with Crippen LogP contribution in [-0.4, -0.2) is 23.0 Å². The maximum atomic E-state index is 12.2. The minimum Gasteiger partial charge on any atom is -0.481 e. The first-order valence-electron chi connectivity index (χ1n) is 7.24. The zero-order valence-corrected chi connectivity index (χ0v) is 13.4. The Morgan fingerprint density at radius 3 is 2.05 bits per heavy atom. The lowest BCUT2D eigenvalue weighted by Gasteiger charge is -2.21. The maximum Gasteiger partial charge on any atom is 0.305 e. The molecule has 116 valence electrons. The van der Waals surface area contributed by atoms with Crippen LogP contribution in [0.15, 0.2) is 24.3 Å². The molecular weight excluding hydrogens is 266 g/mol. The highest BCUT2D eigenvalue weighted by molar-refractivity contribution is 5.94. The molecule has 1 aromatic rings. The third kappa shape index (κ3) is 5.21. The van der Waals surface area contributed by atoms with Crippen LogP contribution in [0.5, 0.6) is 0 Å². The largest absolute Gasteiger partial charge is 0.481 e. The minimum atomic E-state index is -0.905. The van der Waals surface area contributed by atoms with Crippen molar-refractivity contribution in [3.63, 3.8) is 0 Å². The molecule has 21 heavy (non-hydrogen) atoms. The van der Waals surface area contributed by atoms with Gasteiger partial charge in [0.15, 0.2) is 0 Å². The van der Waals surface area contributed by atoms with Crippen LogP contribution in [-0.2, 0) is 10.2 Å². The Morgan fingerprint density at radius 2 is 1.67 bits per heavy atom. The van der Waals surface area contributed by atoms with Gasteiger partial charge in [-0.1, -0.05) is 46.8 Å². The van der Waals surface area contributed by atoms with Crippen molar-refractivity contribution in [1.82, 2.24) is 5.32 Å². The Hall–Kier alpha value is -1.84. The predicted molar refractivity (Wildman–Crippen MR) is 83.5 cm³/mol. The topological polar surface area (TPSA) is 66.4 Å². The Morgan fingerprint density at radius 1 is 1.14 bits per heavy atom. The molecule has 1 atom stereocenters. The van der Waals surface area contributed by atoms with E-state index < -0.39 is 5.97 Å². The van der Waals surface area contributed by atoms with Crippen LogP contribution < -0.4 is 5.32 Å². The third-order valence-corrected chi connectivity index (χ3v) is 3.53. The first kappa shape index (κ1) is 17.2. The summed E-state index contributed by atoms with van der Waals surface area (Å²) in [6.07, 6.45) is -0.0660. The molecule has 0 spiro atoms. The van der Waals surface area contributed by atoms with Gasteiger partial charge in [0.05, 0.1) is 6.42 Å². The van der Waals surface area contributed by atoms with E-state index in [1.54, 1.807) is 12.1 Å². The molecule has 1 rings (SSSR count). The lowest BCUT2D eigenvalue weighted by atomic mass is 9.86. The van der Waals surface area contributed by atoms with E-state index in [2.05, 4.69) is 26.1 Å². The first-order chi connectivity index (χ1) is 9.61. The molecule has 0 aromatic heterocycles. The second kappa shape index (κ2) is 6.74. The van der Waals surface area contributed by atoms with Crippen LogP contribution in [0.3, 0.4) is 0 Å². The quantitative estimate of drug-likeness (QED) is 0.875. The molecule has 2 N–H and O–H groups in total. The van der Waals surface area contributed by atoms with Crippen LogP contribution in [0.1, 0.15) is 57.0 Å². The number of nitrogens with one attached hydrogen (secondary N) is 1. The summed E-state index contributed by atoms with van der Waals surface area (Å²) in [5.41, 5.74) is 1.75. The monoisotopic (exact) mass is 291 g/mol. The molecule has 4 nitrogen and oxygen atoms in total. The van der Waals surface area contributed by atoms with E-state index >= 15 is 0 Å². The molecular formula is C17H25NO3. The van der Waals surface area contributed by atoms with Crippen molar-refractivity contribution in [3.8, 4) is 0 Å². The van der Waals surface area contributed by atoms with Crippen molar-refractivity contribution in [1.29, 1.82) is 0 Å². The summed E-state index contributed by atoms with van der Waals surface area (Å²) in [5.74, 6) is -1.06. The molecule has 0 aliphatic carbocycles. The molecule has 0 bridgehead atoms. The standard InChI is InChI=1S/C17H25NO3/c1-11(2)14(10-15(19)20)18-16(21)12-6-8-13(9-7-12)17(3,4)5/h6-9,11,14H,10H2,1-5H3,(H,18,21)(H,19,20). The first-order valence-corrected chi connectivity index (χ1v) is 7.24. The van der Waals surface area contributed by atoms with Crippen LogP contribution in [0, 0.1) is 5.92 Å². The molecule has 0 fully saturated rings. The van der Waals surface area contributed by atoms with Crippen LogP contribution in [0.25, 0.3) is 0 Å². The maximum absolute atomic E-state index is 12.2. The average molecular weight is 291 g/mol. The van der Waals surface area contributed by atoms with E-state index in [1.807, 2.05) is 26.0 Å². The summed E-state index contributed by atoms with van der Waals surface area (Å²) in [4.78, 5) is 23.0. The van der Waals surface area contributed by atoms with Crippen LogP contribution in [0.4, 0.5) is 0 Å². The van der Waals surface area contributed by atoms with Crippen molar-refractivity contribution in [2.75, 3.05) is 0 Å². The minimum absolute atomic E-state index is 0.0405. The Balaban J connectivity index is 2.81. The number of benzene rings is 1. The van der Waals surface area contributed by atoms with Gasteiger partial charge in [0.1, 0.15) is 0 Å². The summed E-state index contributed by atoms with van der Waals surface area (Å²) < 4.78 is 0. The van der Waals surface area contributed by atoms with Gasteiger partial charge in [0.25, 0.3) is 5.91 Å². The van der Waals surface area contributed by atoms with Crippen molar-refractivity contribution >= 4 is 11.9 Å². The van der Waals surface area contributed by atoms with Crippen molar-refractivity contribution in [2.24, 2.45) is 5.92 Å². The zero-order chi connectivity index (χ0) is 16.2. The molecule has 1 amide bonds. The molecule has 0 saturated heterocycles. The lowest BCUT2D eigenvalue weighted by molar-refractivity contribution is -0.137. The summed E-state index contributed by atoms with van der Waals surface area (Å²) in [5, 5.41) is 11.7. The molecule has 4 heteroatoms. The van der Waals surface area contributed by atoms with Gasteiger partial charge in [0, 0.05) is 11.6 Å². The number of carboxylic acid groups (broad SMARTS) is 1. The summed E-state index contributed by atoms with van der Waals surface area (Å²) >= 11 is 0. The number of aliphatic carboxylic acids is 1. The van der Waals surface area contributed by atoms with Crippen molar-refractivity contribution in [3.05, 3.63) is 35.4 Å². The fourth-order valence-electron chi connectivity index (χ4n) is 2.01. The second-order valence-electron chi connectivity index (χ2n) is 6.75. The number of hydrogen-bond donors (Lipinski definition) is 2. The number of hydrogen-bond acceptors (Lipinski definition) is 2. The van der Waals surface area contributed by atoms with Gasteiger partial charge in [-0.05, 0) is 29.0 Å². The van der Waals surface area contributed by atoms with E-state index in [-0.39, 0.29) is 29.7 Å². The number of carboxylic acids is 1. The zero-order valence-electron chi connectivity index (χ0n) is 13.4. The van der Waals surface area contributed by atoms with Gasteiger partial charge >= 0.3 is 5.97 Å². The Labute approximate surface area is 126 Å². The van der Waals surface area contributed by atoms with Gasteiger partial charge in [-0.25, -0.2) is 0 Å². The Bertz CT molecular complexity index is 498. The molecule has 0 heterocycles. The van der Waals surface area contributed by atoms with E-state index in [0.29, 0.717) is 5.56 Å². The fourth-order valence-corrected chi connectivity index (χ4v) is 2.01. The molecule has 0 saturated carbocycles. The molecule has 0 aliphatic rings. The van der Waals surface area contributed by atoms with Crippen molar-refractivity contribution < 1.29 is 14.7 Å². The molecule has 0 aliphatic heterocycles. The van der Waals surface area contributed by atoms with Gasteiger partial charge < -0.3 is 10.4 Å². The highest BCUT2D eigenvalue weighted by Crippen LogP contribution is 2.22. The van der Waals surface area contributed by atoms with Crippen molar-refractivity contribution in [2.45, 2.75) is 52.5 Å². The number of carbonyl (C=O) groups excluding carboxylic acids is 1. The third-order valence-electron chi connectivity index (χ3n) is 3.53. The Kier molecular flexibility index (Phi) is 5.53. The number of rotatable bonds is 5. The summed E-state index contributed by atoms with van der Waals surface area (Å²) in [7, 11) is 0. The predicted octanol–water partition coefficient (Wildman–Crippen LogP) is 3.21.